The van der Waals surface area contributed by atoms with Crippen LogP contribution in [0.4, 0.5) is 0 Å². The van der Waals surface area contributed by atoms with Gasteiger partial charge >= 0.3 is 21.7 Å². The summed E-state index contributed by atoms with van der Waals surface area (Å²) in [6.07, 6.45) is 0. The molecule has 0 unspecified atom stereocenters. The first kappa shape index (κ1) is 15.2. The molecule has 4 nitrogen and oxygen atoms in total. The van der Waals surface area contributed by atoms with E-state index in [1.54, 1.807) is 24.3 Å². The van der Waals surface area contributed by atoms with Crippen molar-refractivity contribution in [2.45, 2.75) is 0 Å². The van der Waals surface area contributed by atoms with Crippen molar-refractivity contribution in [3.63, 3.8) is 0 Å². The summed E-state index contributed by atoms with van der Waals surface area (Å²) < 4.78 is 0. The third-order valence-electron chi connectivity index (χ3n) is 2.57. The third kappa shape index (κ3) is 3.53. The van der Waals surface area contributed by atoms with Gasteiger partial charge < -0.3 is 19.8 Å². The van der Waals surface area contributed by atoms with Crippen LogP contribution in [0, 0.1) is 0 Å². The van der Waals surface area contributed by atoms with Crippen molar-refractivity contribution in [1.82, 2.24) is 0 Å². The Labute approximate surface area is 124 Å². The summed E-state index contributed by atoms with van der Waals surface area (Å²) >= 11 is 0. The minimum absolute atomic E-state index is 0. The van der Waals surface area contributed by atoms with Crippen LogP contribution in [0.1, 0.15) is 20.7 Å². The Morgan fingerprint density at radius 2 is 0.895 bits per heavy atom. The van der Waals surface area contributed by atoms with Crippen molar-refractivity contribution >= 4 is 11.9 Å². The molecule has 0 bridgehead atoms. The average Bonchev–Trinajstić information content (AvgIpc) is 2.39. The number of aromatic carboxylic acids is 2. The molecular formula is C14H8O4Ti. The quantitative estimate of drug-likeness (QED) is 0.749. The van der Waals surface area contributed by atoms with Gasteiger partial charge in [-0.25, -0.2) is 0 Å². The largest absolute Gasteiger partial charge is 2.00 e. The molecule has 0 heterocycles. The maximum Gasteiger partial charge on any atom is 2.00 e. The molecule has 0 fully saturated rings. The monoisotopic (exact) mass is 288 g/mol. The van der Waals surface area contributed by atoms with Gasteiger partial charge in [0.05, 0.1) is 11.9 Å². The Balaban J connectivity index is 0.00000180. The third-order valence-corrected chi connectivity index (χ3v) is 2.57. The van der Waals surface area contributed by atoms with Crippen LogP contribution in [0.15, 0.2) is 48.5 Å². The molecule has 0 saturated carbocycles. The molecule has 0 N–H and O–H groups in total. The van der Waals surface area contributed by atoms with Crippen molar-refractivity contribution < 1.29 is 41.5 Å². The minimum atomic E-state index is -1.23. The summed E-state index contributed by atoms with van der Waals surface area (Å²) in [5.41, 5.74) is 1.80. The van der Waals surface area contributed by atoms with Crippen molar-refractivity contribution in [2.75, 3.05) is 0 Å². The number of hydrogen-bond acceptors (Lipinski definition) is 4. The Bertz CT molecular complexity index is 532. The van der Waals surface area contributed by atoms with Gasteiger partial charge in [0.1, 0.15) is 0 Å². The van der Waals surface area contributed by atoms with Crippen LogP contribution in [-0.4, -0.2) is 11.9 Å². The molecule has 0 aliphatic carbocycles. The number of hydrogen-bond donors (Lipinski definition) is 0. The van der Waals surface area contributed by atoms with Gasteiger partial charge in [-0.15, -0.1) is 0 Å². The van der Waals surface area contributed by atoms with E-state index in [1.165, 1.54) is 24.3 Å². The summed E-state index contributed by atoms with van der Waals surface area (Å²) in [6, 6.07) is 12.3. The fraction of sp³-hybridized carbons (Fsp3) is 0. The zero-order valence-electron chi connectivity index (χ0n) is 9.75. The second-order valence-electron chi connectivity index (χ2n) is 3.73. The fourth-order valence-corrected chi connectivity index (χ4v) is 1.60. The Hall–Kier alpha value is -1.91. The molecule has 0 saturated heterocycles. The van der Waals surface area contributed by atoms with E-state index in [0.29, 0.717) is 0 Å². The molecule has 0 spiro atoms. The first-order chi connectivity index (χ1) is 8.58. The van der Waals surface area contributed by atoms with Gasteiger partial charge in [0, 0.05) is 0 Å². The van der Waals surface area contributed by atoms with Crippen LogP contribution in [-0.2, 0) is 21.7 Å². The first-order valence-corrected chi connectivity index (χ1v) is 5.21. The molecule has 0 aliphatic heterocycles. The van der Waals surface area contributed by atoms with Crippen LogP contribution in [0.3, 0.4) is 0 Å². The predicted molar refractivity (Wildman–Crippen MR) is 60.5 cm³/mol. The second-order valence-corrected chi connectivity index (χ2v) is 3.73. The summed E-state index contributed by atoms with van der Waals surface area (Å²) in [5.74, 6) is -2.46. The maximum atomic E-state index is 10.6. The first-order valence-electron chi connectivity index (χ1n) is 5.21. The minimum Gasteiger partial charge on any atom is -0.545 e. The number of carbonyl (C=O) groups excluding carboxylic acids is 2. The number of carboxylic acid groups (broad SMARTS) is 2. The van der Waals surface area contributed by atoms with E-state index in [-0.39, 0.29) is 32.8 Å². The van der Waals surface area contributed by atoms with E-state index >= 15 is 0 Å². The fourth-order valence-electron chi connectivity index (χ4n) is 1.60. The number of benzene rings is 2. The van der Waals surface area contributed by atoms with Gasteiger partial charge in [0.15, 0.2) is 0 Å². The Morgan fingerprint density at radius 1 is 0.632 bits per heavy atom. The summed E-state index contributed by atoms with van der Waals surface area (Å²) in [6.45, 7) is 0. The summed E-state index contributed by atoms with van der Waals surface area (Å²) in [7, 11) is 0. The van der Waals surface area contributed by atoms with Crippen LogP contribution >= 0.6 is 0 Å². The number of rotatable bonds is 3. The van der Waals surface area contributed by atoms with Crippen LogP contribution in [0.5, 0.6) is 0 Å². The molecule has 0 aromatic heterocycles. The summed E-state index contributed by atoms with van der Waals surface area (Å²) in [5, 5.41) is 21.2. The van der Waals surface area contributed by atoms with E-state index < -0.39 is 11.9 Å². The summed E-state index contributed by atoms with van der Waals surface area (Å²) in [4.78, 5) is 21.2. The zero-order chi connectivity index (χ0) is 13.1. The molecule has 92 valence electrons. The zero-order valence-corrected chi connectivity index (χ0v) is 11.3. The SMILES string of the molecule is O=C([O-])c1ccc(-c2ccc(C(=O)[O-])cc2)cc1.[Ti+2]. The van der Waals surface area contributed by atoms with Gasteiger partial charge in [-0.2, -0.15) is 0 Å². The van der Waals surface area contributed by atoms with Crippen molar-refractivity contribution in [3.8, 4) is 11.1 Å². The average molecular weight is 288 g/mol. The van der Waals surface area contributed by atoms with Gasteiger partial charge in [-0.3, -0.25) is 0 Å². The second kappa shape index (κ2) is 6.32. The van der Waals surface area contributed by atoms with E-state index in [1.807, 2.05) is 0 Å². The number of carboxylic acids is 2. The van der Waals surface area contributed by atoms with Crippen molar-refractivity contribution in [3.05, 3.63) is 59.7 Å². The molecule has 2 rings (SSSR count). The Morgan fingerprint density at radius 3 is 1.11 bits per heavy atom. The van der Waals surface area contributed by atoms with Crippen molar-refractivity contribution in [1.29, 1.82) is 0 Å². The molecule has 2 aromatic carbocycles. The predicted octanol–water partition coefficient (Wildman–Crippen LogP) is 0.0781. The topological polar surface area (TPSA) is 80.3 Å². The van der Waals surface area contributed by atoms with E-state index in [0.717, 1.165) is 11.1 Å². The molecule has 19 heavy (non-hydrogen) atoms. The molecular weight excluding hydrogens is 280 g/mol. The van der Waals surface area contributed by atoms with Gasteiger partial charge in [0.25, 0.3) is 0 Å². The van der Waals surface area contributed by atoms with Crippen molar-refractivity contribution in [2.24, 2.45) is 0 Å². The number of carbonyl (C=O) groups is 2. The molecule has 0 atom stereocenters. The van der Waals surface area contributed by atoms with E-state index in [2.05, 4.69) is 0 Å². The van der Waals surface area contributed by atoms with Crippen LogP contribution in [0.2, 0.25) is 0 Å². The van der Waals surface area contributed by atoms with E-state index in [9.17, 15) is 19.8 Å². The molecule has 5 heteroatoms. The van der Waals surface area contributed by atoms with Gasteiger partial charge in [0.2, 0.25) is 0 Å². The maximum absolute atomic E-state index is 10.6. The van der Waals surface area contributed by atoms with Gasteiger partial charge in [-0.05, 0) is 22.3 Å². The smallest absolute Gasteiger partial charge is 0.545 e. The van der Waals surface area contributed by atoms with Gasteiger partial charge in [-0.1, -0.05) is 48.5 Å². The van der Waals surface area contributed by atoms with E-state index in [4.69, 9.17) is 0 Å². The molecule has 2 aromatic rings. The van der Waals surface area contributed by atoms with Crippen LogP contribution < -0.4 is 10.2 Å². The normalized spacial score (nSPS) is 9.47. The molecule has 0 aliphatic rings. The van der Waals surface area contributed by atoms with Crippen LogP contribution in [0.25, 0.3) is 11.1 Å². The Kier molecular flexibility index (Phi) is 5.04. The standard InChI is InChI=1S/C14H10O4.Ti/c15-13(16)11-5-1-9(2-6-11)10-3-7-12(8-4-10)14(17)18;/h1-8H,(H,15,16)(H,17,18);/q;+2/p-2. The molecule has 0 radical (unpaired) electrons. The molecule has 0 amide bonds.